The van der Waals surface area contributed by atoms with Crippen LogP contribution in [0, 0.1) is 6.92 Å². The number of nitrogens with one attached hydrogen (secondary N) is 1. The van der Waals surface area contributed by atoms with Crippen LogP contribution in [0.3, 0.4) is 0 Å². The summed E-state index contributed by atoms with van der Waals surface area (Å²) in [7, 11) is 0. The van der Waals surface area contributed by atoms with E-state index < -0.39 is 5.60 Å². The molecule has 3 rings (SSSR count). The average Bonchev–Trinajstić information content (AvgIpc) is 3.22. The van der Waals surface area contributed by atoms with Gasteiger partial charge in [-0.2, -0.15) is 0 Å². The van der Waals surface area contributed by atoms with Crippen LogP contribution < -0.4 is 10.2 Å². The number of hydrogen-bond donors (Lipinski definition) is 2. The number of carbonyl (C=O) groups excluding carboxylic acids is 1. The maximum Gasteiger partial charge on any atom is 0.227 e. The Morgan fingerprint density at radius 3 is 2.56 bits per heavy atom. The molecule has 0 saturated carbocycles. The van der Waals surface area contributed by atoms with E-state index >= 15 is 0 Å². The van der Waals surface area contributed by atoms with Gasteiger partial charge in [0.2, 0.25) is 5.91 Å². The third-order valence-corrected chi connectivity index (χ3v) is 4.80. The molecular formula is C20H26N2O3. The number of anilines is 1. The molecule has 0 aliphatic carbocycles. The second kappa shape index (κ2) is 7.02. The fraction of sp³-hybridized carbons (Fsp3) is 0.450. The average molecular weight is 342 g/mol. The molecule has 1 fully saturated rings. The molecule has 2 N–H and O–H groups in total. The molecule has 1 saturated heterocycles. The summed E-state index contributed by atoms with van der Waals surface area (Å²) in [5, 5.41) is 14.0. The molecule has 5 heteroatoms. The van der Waals surface area contributed by atoms with Gasteiger partial charge < -0.3 is 19.7 Å². The van der Waals surface area contributed by atoms with Crippen molar-refractivity contribution >= 4 is 11.6 Å². The first-order chi connectivity index (χ1) is 11.9. The zero-order chi connectivity index (χ0) is 18.0. The van der Waals surface area contributed by atoms with Gasteiger partial charge in [-0.05, 0) is 57.0 Å². The van der Waals surface area contributed by atoms with Crippen LogP contribution in [0.4, 0.5) is 5.69 Å². The lowest BCUT2D eigenvalue weighted by molar-refractivity contribution is -0.117. The molecule has 2 atom stereocenters. The summed E-state index contributed by atoms with van der Waals surface area (Å²) >= 11 is 0. The number of furan rings is 1. The lowest BCUT2D eigenvalue weighted by atomic mass is 10.0. The van der Waals surface area contributed by atoms with E-state index in [1.807, 2.05) is 48.2 Å². The van der Waals surface area contributed by atoms with Gasteiger partial charge in [-0.25, -0.2) is 0 Å². The molecule has 1 amide bonds. The van der Waals surface area contributed by atoms with E-state index in [0.29, 0.717) is 18.7 Å². The van der Waals surface area contributed by atoms with Gasteiger partial charge in [-0.3, -0.25) is 4.79 Å². The van der Waals surface area contributed by atoms with E-state index in [4.69, 9.17) is 4.42 Å². The van der Waals surface area contributed by atoms with Crippen LogP contribution in [0.1, 0.15) is 49.8 Å². The molecule has 2 aromatic rings. The van der Waals surface area contributed by atoms with E-state index in [1.165, 1.54) is 0 Å². The van der Waals surface area contributed by atoms with Crippen molar-refractivity contribution in [2.45, 2.75) is 45.3 Å². The molecule has 2 unspecified atom stereocenters. The summed E-state index contributed by atoms with van der Waals surface area (Å²) in [6.07, 6.45) is 1.57. The Balaban J connectivity index is 1.61. The summed E-state index contributed by atoms with van der Waals surface area (Å²) < 4.78 is 5.54. The van der Waals surface area contributed by atoms with Crippen molar-refractivity contribution in [2.24, 2.45) is 0 Å². The maximum atomic E-state index is 11.8. The maximum absolute atomic E-state index is 11.8. The summed E-state index contributed by atoms with van der Waals surface area (Å²) in [6, 6.07) is 11.8. The number of hydrogen-bond acceptors (Lipinski definition) is 4. The highest BCUT2D eigenvalue weighted by atomic mass is 16.4. The van der Waals surface area contributed by atoms with E-state index in [0.717, 1.165) is 30.0 Å². The first-order valence-corrected chi connectivity index (χ1v) is 8.80. The van der Waals surface area contributed by atoms with Gasteiger partial charge in [0, 0.05) is 31.2 Å². The monoisotopic (exact) mass is 342 g/mol. The van der Waals surface area contributed by atoms with Gasteiger partial charge in [0.05, 0.1) is 0 Å². The van der Waals surface area contributed by atoms with Gasteiger partial charge in [0.25, 0.3) is 0 Å². The molecule has 5 nitrogen and oxygen atoms in total. The smallest absolute Gasteiger partial charge is 0.227 e. The van der Waals surface area contributed by atoms with Crippen LogP contribution in [0.15, 0.2) is 40.8 Å². The zero-order valence-electron chi connectivity index (χ0n) is 15.1. The minimum Gasteiger partial charge on any atom is -0.463 e. The Hall–Kier alpha value is -2.11. The summed E-state index contributed by atoms with van der Waals surface area (Å²) in [4.78, 5) is 13.7. The van der Waals surface area contributed by atoms with Crippen LogP contribution in [-0.4, -0.2) is 24.1 Å². The largest absolute Gasteiger partial charge is 0.463 e. The molecule has 1 aromatic carbocycles. The minimum atomic E-state index is -1.07. The third-order valence-electron chi connectivity index (χ3n) is 4.80. The van der Waals surface area contributed by atoms with Gasteiger partial charge in [0.1, 0.15) is 17.1 Å². The second-order valence-electron chi connectivity index (χ2n) is 7.03. The number of benzene rings is 1. The normalized spacial score (nSPS) is 18.4. The topological polar surface area (TPSA) is 65.7 Å². The molecule has 1 aromatic heterocycles. The van der Waals surface area contributed by atoms with Crippen LogP contribution >= 0.6 is 0 Å². The number of aryl methyl sites for hydroxylation is 1. The number of amides is 1. The third kappa shape index (κ3) is 3.94. The standard InChI is InChI=1S/C20H26N2O3/c1-14-6-11-18(25-14)20(3,24)13-21-15(2)16-7-9-17(10-8-16)22-12-4-5-19(22)23/h6-11,15,21,24H,4-5,12-13H2,1-3H3. The molecule has 2 heterocycles. The first kappa shape index (κ1) is 17.7. The summed E-state index contributed by atoms with van der Waals surface area (Å²) in [5.41, 5.74) is 1.00. The summed E-state index contributed by atoms with van der Waals surface area (Å²) in [5.74, 6) is 1.55. The minimum absolute atomic E-state index is 0.0749. The highest BCUT2D eigenvalue weighted by Gasteiger charge is 2.27. The van der Waals surface area contributed by atoms with Gasteiger partial charge >= 0.3 is 0 Å². The van der Waals surface area contributed by atoms with Crippen LogP contribution in [0.2, 0.25) is 0 Å². The molecule has 0 bridgehead atoms. The highest BCUT2D eigenvalue weighted by molar-refractivity contribution is 5.95. The fourth-order valence-electron chi connectivity index (χ4n) is 3.14. The van der Waals surface area contributed by atoms with Crippen molar-refractivity contribution in [1.82, 2.24) is 5.32 Å². The predicted octanol–water partition coefficient (Wildman–Crippen LogP) is 3.27. The zero-order valence-corrected chi connectivity index (χ0v) is 15.1. The van der Waals surface area contributed by atoms with Crippen LogP contribution in [0.25, 0.3) is 0 Å². The SMILES string of the molecule is Cc1ccc(C(C)(O)CNC(C)c2ccc(N3CCCC3=O)cc2)o1. The van der Waals surface area contributed by atoms with E-state index in [2.05, 4.69) is 12.2 Å². The Kier molecular flexibility index (Phi) is 4.97. The molecule has 25 heavy (non-hydrogen) atoms. The van der Waals surface area contributed by atoms with Crippen molar-refractivity contribution in [1.29, 1.82) is 0 Å². The van der Waals surface area contributed by atoms with Crippen molar-refractivity contribution < 1.29 is 14.3 Å². The molecule has 0 spiro atoms. The lowest BCUT2D eigenvalue weighted by Gasteiger charge is -2.24. The van der Waals surface area contributed by atoms with Crippen molar-refractivity contribution in [2.75, 3.05) is 18.0 Å². The van der Waals surface area contributed by atoms with E-state index in [-0.39, 0.29) is 11.9 Å². The summed E-state index contributed by atoms with van der Waals surface area (Å²) in [6.45, 7) is 6.85. The first-order valence-electron chi connectivity index (χ1n) is 8.80. The lowest BCUT2D eigenvalue weighted by Crippen LogP contribution is -2.36. The van der Waals surface area contributed by atoms with E-state index in [9.17, 15) is 9.90 Å². The van der Waals surface area contributed by atoms with Crippen molar-refractivity contribution in [3.05, 3.63) is 53.5 Å². The number of aliphatic hydroxyl groups is 1. The highest BCUT2D eigenvalue weighted by Crippen LogP contribution is 2.25. The molecule has 1 aliphatic rings. The number of carbonyl (C=O) groups is 1. The Bertz CT molecular complexity index is 734. The van der Waals surface area contributed by atoms with Crippen LogP contribution in [0.5, 0.6) is 0 Å². The van der Waals surface area contributed by atoms with Gasteiger partial charge in [-0.1, -0.05) is 12.1 Å². The fourth-order valence-corrected chi connectivity index (χ4v) is 3.14. The molecular weight excluding hydrogens is 316 g/mol. The number of rotatable bonds is 6. The van der Waals surface area contributed by atoms with Gasteiger partial charge in [-0.15, -0.1) is 0 Å². The van der Waals surface area contributed by atoms with Gasteiger partial charge in [0.15, 0.2) is 0 Å². The van der Waals surface area contributed by atoms with E-state index in [1.54, 1.807) is 6.92 Å². The Morgan fingerprint density at radius 2 is 2.00 bits per heavy atom. The Labute approximate surface area is 148 Å². The molecule has 1 aliphatic heterocycles. The van der Waals surface area contributed by atoms with Crippen molar-refractivity contribution in [3.63, 3.8) is 0 Å². The Morgan fingerprint density at radius 1 is 1.28 bits per heavy atom. The predicted molar refractivity (Wildman–Crippen MR) is 97.5 cm³/mol. The number of nitrogens with zero attached hydrogens (tertiary/aromatic N) is 1. The molecule has 134 valence electrons. The molecule has 0 radical (unpaired) electrons. The van der Waals surface area contributed by atoms with Crippen LogP contribution in [-0.2, 0) is 10.4 Å². The van der Waals surface area contributed by atoms with Crippen molar-refractivity contribution in [3.8, 4) is 0 Å². The second-order valence-corrected chi connectivity index (χ2v) is 7.03. The quantitative estimate of drug-likeness (QED) is 0.845.